The van der Waals surface area contributed by atoms with Gasteiger partial charge in [0.25, 0.3) is 0 Å². The molecule has 0 spiro atoms. The molecule has 0 aromatic heterocycles. The summed E-state index contributed by atoms with van der Waals surface area (Å²) in [7, 11) is 0. The zero-order valence-electron chi connectivity index (χ0n) is 18.1. The van der Waals surface area contributed by atoms with Gasteiger partial charge < -0.3 is 10.4 Å². The van der Waals surface area contributed by atoms with E-state index in [2.05, 4.69) is 10.7 Å². The van der Waals surface area contributed by atoms with E-state index in [4.69, 9.17) is 16.7 Å². The Morgan fingerprint density at radius 3 is 2.31 bits per heavy atom. The molecule has 2 amide bonds. The van der Waals surface area contributed by atoms with Gasteiger partial charge in [-0.05, 0) is 48.0 Å². The van der Waals surface area contributed by atoms with Crippen LogP contribution in [0.3, 0.4) is 0 Å². The lowest BCUT2D eigenvalue weighted by molar-refractivity contribution is -0.141. The van der Waals surface area contributed by atoms with E-state index in [1.54, 1.807) is 30.3 Å². The van der Waals surface area contributed by atoms with Crippen LogP contribution in [0.5, 0.6) is 0 Å². The third-order valence-electron chi connectivity index (χ3n) is 4.90. The molecule has 3 aromatic rings. The molecule has 0 fully saturated rings. The standard InChI is InChI=1S/C25H19ClN4O5/c26-19-10-17(14-27)11-21(13-19)29-30(23(32)15-31)22(12-16-4-2-1-3-5-16)24(33)28-20-8-6-18(7-9-20)25(34)35/h1-11,13,15,22,29H,12H2,(H,28,33)(H,34,35). The molecule has 0 aliphatic carbocycles. The highest BCUT2D eigenvalue weighted by Gasteiger charge is 2.31. The van der Waals surface area contributed by atoms with E-state index in [0.29, 0.717) is 11.3 Å². The number of carbonyl (C=O) groups excluding carboxylic acids is 3. The zero-order valence-corrected chi connectivity index (χ0v) is 18.9. The minimum Gasteiger partial charge on any atom is -0.478 e. The number of hydrogen-bond donors (Lipinski definition) is 3. The molecule has 0 aliphatic rings. The largest absolute Gasteiger partial charge is 0.478 e. The van der Waals surface area contributed by atoms with Crippen molar-refractivity contribution in [1.82, 2.24) is 5.01 Å². The highest BCUT2D eigenvalue weighted by atomic mass is 35.5. The predicted molar refractivity (Wildman–Crippen MR) is 129 cm³/mol. The van der Waals surface area contributed by atoms with Gasteiger partial charge in [-0.2, -0.15) is 5.26 Å². The van der Waals surface area contributed by atoms with E-state index in [1.165, 1.54) is 42.5 Å². The fourth-order valence-electron chi connectivity index (χ4n) is 3.26. The second-order valence-electron chi connectivity index (χ2n) is 7.36. The molecule has 0 saturated heterocycles. The van der Waals surface area contributed by atoms with E-state index < -0.39 is 23.8 Å². The van der Waals surface area contributed by atoms with Crippen molar-refractivity contribution in [3.63, 3.8) is 0 Å². The number of benzene rings is 3. The van der Waals surface area contributed by atoms with Gasteiger partial charge in [-0.1, -0.05) is 41.9 Å². The first-order valence-corrected chi connectivity index (χ1v) is 10.6. The van der Waals surface area contributed by atoms with E-state index in [0.717, 1.165) is 5.01 Å². The SMILES string of the molecule is N#Cc1cc(Cl)cc(NN(C(=O)C=O)C(Cc2ccccc2)C(=O)Nc2ccc(C(=O)O)cc2)c1. The van der Waals surface area contributed by atoms with Gasteiger partial charge >= 0.3 is 11.9 Å². The molecule has 176 valence electrons. The summed E-state index contributed by atoms with van der Waals surface area (Å²) in [5, 5.41) is 22.0. The Labute approximate surface area is 205 Å². The van der Waals surface area contributed by atoms with Crippen molar-refractivity contribution in [3.8, 4) is 6.07 Å². The maximum absolute atomic E-state index is 13.3. The fourth-order valence-corrected chi connectivity index (χ4v) is 3.50. The number of nitrogens with zero attached hydrogens (tertiary/aromatic N) is 2. The van der Waals surface area contributed by atoms with Crippen molar-refractivity contribution in [3.05, 3.63) is 94.5 Å². The van der Waals surface area contributed by atoms with Crippen LogP contribution < -0.4 is 10.7 Å². The minimum atomic E-state index is -1.21. The topological polar surface area (TPSA) is 140 Å². The first kappa shape index (κ1) is 25.0. The number of nitrogens with one attached hydrogen (secondary N) is 2. The van der Waals surface area contributed by atoms with Gasteiger partial charge in [-0.25, -0.2) is 9.80 Å². The maximum atomic E-state index is 13.3. The number of rotatable bonds is 9. The first-order chi connectivity index (χ1) is 16.8. The zero-order chi connectivity index (χ0) is 25.4. The van der Waals surface area contributed by atoms with Crippen LogP contribution >= 0.6 is 11.6 Å². The molecule has 0 radical (unpaired) electrons. The number of halogens is 1. The number of hydrogen-bond acceptors (Lipinski definition) is 6. The van der Waals surface area contributed by atoms with Crippen LogP contribution in [0.25, 0.3) is 0 Å². The Hall–Kier alpha value is -4.68. The number of hydrazine groups is 1. The molecule has 0 heterocycles. The second-order valence-corrected chi connectivity index (χ2v) is 7.79. The molecule has 1 unspecified atom stereocenters. The number of carboxylic acids is 1. The highest BCUT2D eigenvalue weighted by Crippen LogP contribution is 2.21. The molecule has 3 rings (SSSR count). The molecule has 1 atom stereocenters. The molecule has 9 nitrogen and oxygen atoms in total. The van der Waals surface area contributed by atoms with Crippen molar-refractivity contribution in [1.29, 1.82) is 5.26 Å². The fraction of sp³-hybridized carbons (Fsp3) is 0.0800. The van der Waals surface area contributed by atoms with Crippen LogP contribution in [0.2, 0.25) is 5.02 Å². The summed E-state index contributed by atoms with van der Waals surface area (Å²) in [6.07, 6.45) is 0.105. The Morgan fingerprint density at radius 1 is 1.03 bits per heavy atom. The van der Waals surface area contributed by atoms with Crippen LogP contribution in [-0.4, -0.2) is 40.2 Å². The van der Waals surface area contributed by atoms with Crippen LogP contribution in [0.4, 0.5) is 11.4 Å². The molecule has 0 saturated carbocycles. The molecule has 0 aliphatic heterocycles. The lowest BCUT2D eigenvalue weighted by atomic mass is 10.0. The van der Waals surface area contributed by atoms with Gasteiger partial charge in [0.1, 0.15) is 6.04 Å². The maximum Gasteiger partial charge on any atom is 0.335 e. The van der Waals surface area contributed by atoms with Crippen LogP contribution in [-0.2, 0) is 20.8 Å². The third-order valence-corrected chi connectivity index (χ3v) is 5.12. The average Bonchev–Trinajstić information content (AvgIpc) is 2.86. The Balaban J connectivity index is 1.96. The highest BCUT2D eigenvalue weighted by molar-refractivity contribution is 6.31. The summed E-state index contributed by atoms with van der Waals surface area (Å²) < 4.78 is 0. The van der Waals surface area contributed by atoms with Crippen LogP contribution in [0.1, 0.15) is 21.5 Å². The number of carboxylic acid groups (broad SMARTS) is 1. The Bertz CT molecular complexity index is 1290. The minimum absolute atomic E-state index is 0.0394. The molecule has 3 N–H and O–H groups in total. The van der Waals surface area contributed by atoms with E-state index in [1.807, 2.05) is 6.07 Å². The van der Waals surface area contributed by atoms with Gasteiger partial charge in [0.15, 0.2) is 0 Å². The van der Waals surface area contributed by atoms with Crippen LogP contribution in [0, 0.1) is 11.3 Å². The third kappa shape index (κ3) is 6.66. The van der Waals surface area contributed by atoms with E-state index in [9.17, 15) is 24.4 Å². The molecule has 3 aromatic carbocycles. The smallest absolute Gasteiger partial charge is 0.335 e. The van der Waals surface area contributed by atoms with Crippen molar-refractivity contribution < 1.29 is 24.3 Å². The lowest BCUT2D eigenvalue weighted by Crippen LogP contribution is -2.52. The van der Waals surface area contributed by atoms with Gasteiger partial charge in [0.2, 0.25) is 12.2 Å². The number of amides is 2. The molecule has 35 heavy (non-hydrogen) atoms. The van der Waals surface area contributed by atoms with Crippen molar-refractivity contribution >= 4 is 47.0 Å². The van der Waals surface area contributed by atoms with E-state index in [-0.39, 0.29) is 34.5 Å². The van der Waals surface area contributed by atoms with Gasteiger partial charge in [0, 0.05) is 17.1 Å². The summed E-state index contributed by atoms with van der Waals surface area (Å²) in [6, 6.07) is 19.3. The van der Waals surface area contributed by atoms with Gasteiger partial charge in [-0.15, -0.1) is 0 Å². The van der Waals surface area contributed by atoms with Crippen molar-refractivity contribution in [2.24, 2.45) is 0 Å². The first-order valence-electron chi connectivity index (χ1n) is 10.2. The number of aldehydes is 1. The molecule has 0 bridgehead atoms. The summed E-state index contributed by atoms with van der Waals surface area (Å²) >= 11 is 6.05. The van der Waals surface area contributed by atoms with Crippen LogP contribution in [0.15, 0.2) is 72.8 Å². The monoisotopic (exact) mass is 490 g/mol. The van der Waals surface area contributed by atoms with Gasteiger partial charge in [0.05, 0.1) is 22.9 Å². The Kier molecular flexibility index (Phi) is 8.16. The quantitative estimate of drug-likeness (QED) is 0.237. The predicted octanol–water partition coefficient (Wildman–Crippen LogP) is 3.51. The second kappa shape index (κ2) is 11.4. The number of carbonyl (C=O) groups is 4. The summed E-state index contributed by atoms with van der Waals surface area (Å²) in [5.41, 5.74) is 4.22. The number of anilines is 2. The molecular weight excluding hydrogens is 472 g/mol. The molecule has 10 heteroatoms. The summed E-state index contributed by atoms with van der Waals surface area (Å²) in [5.74, 6) is -2.78. The summed E-state index contributed by atoms with van der Waals surface area (Å²) in [4.78, 5) is 48.5. The Morgan fingerprint density at radius 2 is 1.71 bits per heavy atom. The number of aromatic carboxylic acids is 1. The average molecular weight is 491 g/mol. The number of nitriles is 1. The van der Waals surface area contributed by atoms with Crippen molar-refractivity contribution in [2.45, 2.75) is 12.5 Å². The molecular formula is C25H19ClN4O5. The lowest BCUT2D eigenvalue weighted by Gasteiger charge is -2.30. The van der Waals surface area contributed by atoms with Crippen molar-refractivity contribution in [2.75, 3.05) is 10.7 Å². The van der Waals surface area contributed by atoms with E-state index >= 15 is 0 Å². The van der Waals surface area contributed by atoms with Gasteiger partial charge in [-0.3, -0.25) is 19.8 Å². The summed E-state index contributed by atoms with van der Waals surface area (Å²) in [6.45, 7) is 0. The normalized spacial score (nSPS) is 11.0.